The van der Waals surface area contributed by atoms with Crippen LogP contribution in [0.4, 0.5) is 0 Å². The number of aliphatic hydroxyl groups excluding tert-OH is 1. The van der Waals surface area contributed by atoms with Crippen LogP contribution in [0.2, 0.25) is 0 Å². The molecular weight excluding hydrogens is 198 g/mol. The van der Waals surface area contributed by atoms with Crippen LogP contribution in [0.5, 0.6) is 0 Å². The zero-order valence-corrected chi connectivity index (χ0v) is 10.2. The van der Waals surface area contributed by atoms with Crippen LogP contribution in [0.3, 0.4) is 0 Å². The molecule has 88 valence electrons. The molecule has 0 aliphatic heterocycles. The number of benzene rings is 1. The second kappa shape index (κ2) is 4.56. The molecule has 16 heavy (non-hydrogen) atoms. The number of hydrogen-bond donors (Lipinski definition) is 2. The Morgan fingerprint density at radius 3 is 2.81 bits per heavy atom. The Labute approximate surface area is 97.5 Å². The Balaban J connectivity index is 2.36. The molecule has 0 saturated heterocycles. The van der Waals surface area contributed by atoms with Gasteiger partial charge in [-0.2, -0.15) is 0 Å². The van der Waals surface area contributed by atoms with Gasteiger partial charge in [-0.05, 0) is 62.3 Å². The summed E-state index contributed by atoms with van der Waals surface area (Å²) in [6, 6.07) is 4.34. The highest BCUT2D eigenvalue weighted by atomic mass is 16.3. The lowest BCUT2D eigenvalue weighted by Crippen LogP contribution is -2.23. The first-order chi connectivity index (χ1) is 7.63. The molecule has 0 aromatic heterocycles. The van der Waals surface area contributed by atoms with Crippen molar-refractivity contribution in [2.75, 3.05) is 6.54 Å². The van der Waals surface area contributed by atoms with Crippen LogP contribution in [-0.4, -0.2) is 11.7 Å². The van der Waals surface area contributed by atoms with Crippen molar-refractivity contribution in [2.24, 2.45) is 11.7 Å². The van der Waals surface area contributed by atoms with E-state index in [2.05, 4.69) is 26.0 Å². The average Bonchev–Trinajstić information content (AvgIpc) is 2.23. The first-order valence-corrected chi connectivity index (χ1v) is 6.11. The molecule has 2 heteroatoms. The molecule has 2 atom stereocenters. The van der Waals surface area contributed by atoms with Gasteiger partial charge in [0.1, 0.15) is 0 Å². The van der Waals surface area contributed by atoms with Gasteiger partial charge in [0.05, 0.1) is 6.10 Å². The summed E-state index contributed by atoms with van der Waals surface area (Å²) in [5, 5.41) is 10.3. The van der Waals surface area contributed by atoms with E-state index in [1.807, 2.05) is 0 Å². The minimum atomic E-state index is -0.314. The van der Waals surface area contributed by atoms with Crippen LogP contribution in [0.1, 0.15) is 41.2 Å². The smallest absolute Gasteiger partial charge is 0.0821 e. The highest BCUT2D eigenvalue weighted by Gasteiger charge is 2.28. The van der Waals surface area contributed by atoms with Gasteiger partial charge in [0.15, 0.2) is 0 Å². The molecule has 0 saturated carbocycles. The molecule has 1 aromatic carbocycles. The van der Waals surface area contributed by atoms with Gasteiger partial charge in [-0.15, -0.1) is 0 Å². The van der Waals surface area contributed by atoms with Crippen molar-refractivity contribution in [3.63, 3.8) is 0 Å². The topological polar surface area (TPSA) is 46.2 Å². The third-order valence-electron chi connectivity index (χ3n) is 3.72. The van der Waals surface area contributed by atoms with Gasteiger partial charge < -0.3 is 10.8 Å². The maximum Gasteiger partial charge on any atom is 0.0821 e. The van der Waals surface area contributed by atoms with Gasteiger partial charge in [0, 0.05) is 0 Å². The van der Waals surface area contributed by atoms with E-state index in [1.165, 1.54) is 16.7 Å². The standard InChI is InChI=1S/C14H21NO/c1-9-7-10(2)12-4-3-11(5-6-15)14(16)13(12)8-9/h7-8,11,14,16H,3-6,15H2,1-2H3. The summed E-state index contributed by atoms with van der Waals surface area (Å²) >= 11 is 0. The summed E-state index contributed by atoms with van der Waals surface area (Å²) in [5.41, 5.74) is 10.6. The molecule has 0 bridgehead atoms. The lowest BCUT2D eigenvalue weighted by Gasteiger charge is -2.31. The Kier molecular flexibility index (Phi) is 3.31. The predicted octanol–water partition coefficient (Wildman–Crippen LogP) is 2.25. The molecule has 2 nitrogen and oxygen atoms in total. The van der Waals surface area contributed by atoms with Crippen molar-refractivity contribution in [2.45, 2.75) is 39.2 Å². The van der Waals surface area contributed by atoms with Gasteiger partial charge in [0.2, 0.25) is 0 Å². The van der Waals surface area contributed by atoms with E-state index in [4.69, 9.17) is 5.73 Å². The van der Waals surface area contributed by atoms with Crippen LogP contribution >= 0.6 is 0 Å². The Hall–Kier alpha value is -0.860. The summed E-state index contributed by atoms with van der Waals surface area (Å²) in [4.78, 5) is 0. The molecule has 0 radical (unpaired) electrons. The third-order valence-corrected chi connectivity index (χ3v) is 3.72. The van der Waals surface area contributed by atoms with E-state index in [-0.39, 0.29) is 6.10 Å². The third kappa shape index (κ3) is 2.00. The summed E-state index contributed by atoms with van der Waals surface area (Å²) in [5.74, 6) is 0.346. The number of aryl methyl sites for hydroxylation is 2. The highest BCUT2D eigenvalue weighted by Crippen LogP contribution is 2.37. The SMILES string of the molecule is Cc1cc(C)c2c(c1)C(O)C(CCN)CC2. The molecule has 1 aliphatic rings. The number of aliphatic hydroxyl groups is 1. The van der Waals surface area contributed by atoms with Crippen molar-refractivity contribution >= 4 is 0 Å². The molecule has 3 N–H and O–H groups in total. The van der Waals surface area contributed by atoms with Gasteiger partial charge >= 0.3 is 0 Å². The van der Waals surface area contributed by atoms with Gasteiger partial charge in [-0.3, -0.25) is 0 Å². The largest absolute Gasteiger partial charge is 0.388 e. The van der Waals surface area contributed by atoms with E-state index in [0.717, 1.165) is 24.8 Å². The van der Waals surface area contributed by atoms with Crippen LogP contribution in [-0.2, 0) is 6.42 Å². The molecule has 2 rings (SSSR count). The maximum absolute atomic E-state index is 10.3. The fourth-order valence-corrected chi connectivity index (χ4v) is 2.89. The van der Waals surface area contributed by atoms with Crippen molar-refractivity contribution < 1.29 is 5.11 Å². The number of rotatable bonds is 2. The number of fused-ring (bicyclic) bond motifs is 1. The fraction of sp³-hybridized carbons (Fsp3) is 0.571. The van der Waals surface area contributed by atoms with Gasteiger partial charge in [-0.1, -0.05) is 17.7 Å². The van der Waals surface area contributed by atoms with Crippen LogP contribution < -0.4 is 5.73 Å². The van der Waals surface area contributed by atoms with E-state index in [1.54, 1.807) is 0 Å². The lowest BCUT2D eigenvalue weighted by molar-refractivity contribution is 0.0897. The minimum Gasteiger partial charge on any atom is -0.388 e. The molecule has 1 aromatic rings. The van der Waals surface area contributed by atoms with Crippen LogP contribution in [0.15, 0.2) is 12.1 Å². The second-order valence-electron chi connectivity index (χ2n) is 4.97. The Morgan fingerprint density at radius 2 is 2.12 bits per heavy atom. The summed E-state index contributed by atoms with van der Waals surface area (Å²) in [6.07, 6.45) is 2.76. The molecule has 0 heterocycles. The van der Waals surface area contributed by atoms with E-state index in [0.29, 0.717) is 12.5 Å². The van der Waals surface area contributed by atoms with Crippen molar-refractivity contribution in [1.29, 1.82) is 0 Å². The number of hydrogen-bond acceptors (Lipinski definition) is 2. The first-order valence-electron chi connectivity index (χ1n) is 6.11. The molecular formula is C14H21NO. The van der Waals surface area contributed by atoms with E-state index < -0.39 is 0 Å². The summed E-state index contributed by atoms with van der Waals surface area (Å²) in [7, 11) is 0. The Morgan fingerprint density at radius 1 is 1.38 bits per heavy atom. The molecule has 2 unspecified atom stereocenters. The van der Waals surface area contributed by atoms with E-state index in [9.17, 15) is 5.11 Å². The minimum absolute atomic E-state index is 0.314. The predicted molar refractivity (Wildman–Crippen MR) is 66.4 cm³/mol. The molecule has 1 aliphatic carbocycles. The van der Waals surface area contributed by atoms with E-state index >= 15 is 0 Å². The monoisotopic (exact) mass is 219 g/mol. The summed E-state index contributed by atoms with van der Waals surface area (Å²) in [6.45, 7) is 4.90. The maximum atomic E-state index is 10.3. The first kappa shape index (κ1) is 11.6. The van der Waals surface area contributed by atoms with Gasteiger partial charge in [-0.25, -0.2) is 0 Å². The van der Waals surface area contributed by atoms with Crippen LogP contribution in [0, 0.1) is 19.8 Å². The Bertz CT molecular complexity index is 387. The normalized spacial score (nSPS) is 24.2. The fourth-order valence-electron chi connectivity index (χ4n) is 2.89. The van der Waals surface area contributed by atoms with Gasteiger partial charge in [0.25, 0.3) is 0 Å². The average molecular weight is 219 g/mol. The highest BCUT2D eigenvalue weighted by molar-refractivity contribution is 5.41. The molecule has 0 fully saturated rings. The second-order valence-corrected chi connectivity index (χ2v) is 4.97. The lowest BCUT2D eigenvalue weighted by atomic mass is 9.78. The van der Waals surface area contributed by atoms with Crippen molar-refractivity contribution in [3.8, 4) is 0 Å². The molecule has 0 spiro atoms. The van der Waals surface area contributed by atoms with Crippen LogP contribution in [0.25, 0.3) is 0 Å². The zero-order valence-electron chi connectivity index (χ0n) is 10.2. The van der Waals surface area contributed by atoms with Crippen molar-refractivity contribution in [1.82, 2.24) is 0 Å². The number of nitrogens with two attached hydrogens (primary N) is 1. The summed E-state index contributed by atoms with van der Waals surface area (Å²) < 4.78 is 0. The van der Waals surface area contributed by atoms with Crippen molar-refractivity contribution in [3.05, 3.63) is 34.4 Å². The molecule has 0 amide bonds. The zero-order chi connectivity index (χ0) is 11.7. The quantitative estimate of drug-likeness (QED) is 0.801.